The van der Waals surface area contributed by atoms with Crippen LogP contribution in [-0.2, 0) is 15.8 Å². The SMILES string of the molecule is CN1CCN(c2c(N3CCN(S(=O)(=O)Cc4ccccc4)CC3)cnn(-c3ccccc3)c2=O)CC1. The predicted molar refractivity (Wildman–Crippen MR) is 142 cm³/mol. The van der Waals surface area contributed by atoms with Gasteiger partial charge in [-0.1, -0.05) is 48.5 Å². The highest BCUT2D eigenvalue weighted by molar-refractivity contribution is 7.88. The second-order valence-corrected chi connectivity index (χ2v) is 11.3. The number of sulfonamides is 1. The van der Waals surface area contributed by atoms with Crippen molar-refractivity contribution in [3.63, 3.8) is 0 Å². The van der Waals surface area contributed by atoms with Crippen LogP contribution in [0.5, 0.6) is 0 Å². The summed E-state index contributed by atoms with van der Waals surface area (Å²) >= 11 is 0. The molecule has 0 aliphatic carbocycles. The number of rotatable bonds is 6. The average molecular weight is 509 g/mol. The standard InChI is InChI=1S/C26H32N6O3S/c1-28-12-14-30(15-13-28)25-24(20-27-32(26(25)33)23-10-6-3-7-11-23)29-16-18-31(19-17-29)36(34,35)21-22-8-4-2-5-9-22/h2-11,20H,12-19,21H2,1H3. The Morgan fingerprint density at radius 3 is 2.00 bits per heavy atom. The van der Waals surface area contributed by atoms with Gasteiger partial charge in [-0.25, -0.2) is 8.42 Å². The van der Waals surface area contributed by atoms with Crippen molar-refractivity contribution in [1.82, 2.24) is 19.0 Å². The van der Waals surface area contributed by atoms with Crippen LogP contribution in [0.1, 0.15) is 5.56 Å². The lowest BCUT2D eigenvalue weighted by atomic mass is 10.2. The zero-order chi connectivity index (χ0) is 25.1. The van der Waals surface area contributed by atoms with Gasteiger partial charge in [-0.15, -0.1) is 0 Å². The number of nitrogens with zero attached hydrogens (tertiary/aromatic N) is 6. The first-order chi connectivity index (χ1) is 17.4. The fourth-order valence-corrected chi connectivity index (χ4v) is 6.35. The quantitative estimate of drug-likeness (QED) is 0.501. The van der Waals surface area contributed by atoms with E-state index in [1.165, 1.54) is 4.68 Å². The minimum absolute atomic E-state index is 0.00490. The summed E-state index contributed by atoms with van der Waals surface area (Å²) in [5.74, 6) is -0.00490. The largest absolute Gasteiger partial charge is 0.366 e. The monoisotopic (exact) mass is 508 g/mol. The van der Waals surface area contributed by atoms with E-state index in [0.717, 1.165) is 43.1 Å². The molecule has 5 rings (SSSR count). The molecule has 2 aliphatic rings. The Labute approximate surface area is 212 Å². The molecule has 2 fully saturated rings. The Kier molecular flexibility index (Phi) is 7.08. The lowest BCUT2D eigenvalue weighted by Gasteiger charge is -2.39. The highest BCUT2D eigenvalue weighted by atomic mass is 32.2. The summed E-state index contributed by atoms with van der Waals surface area (Å²) in [4.78, 5) is 20.3. The van der Waals surface area contributed by atoms with Crippen LogP contribution in [0.3, 0.4) is 0 Å². The second kappa shape index (κ2) is 10.4. The molecule has 0 saturated carbocycles. The first-order valence-electron chi connectivity index (χ1n) is 12.3. The molecule has 0 N–H and O–H groups in total. The molecule has 10 heteroatoms. The minimum Gasteiger partial charge on any atom is -0.366 e. The smallest absolute Gasteiger partial charge is 0.297 e. The van der Waals surface area contributed by atoms with Gasteiger partial charge in [0.2, 0.25) is 10.0 Å². The summed E-state index contributed by atoms with van der Waals surface area (Å²) in [7, 11) is -1.33. The summed E-state index contributed by atoms with van der Waals surface area (Å²) in [6, 6.07) is 18.7. The Balaban J connectivity index is 1.40. The maximum atomic E-state index is 13.8. The third kappa shape index (κ3) is 5.16. The van der Waals surface area contributed by atoms with Gasteiger partial charge in [0, 0.05) is 52.4 Å². The molecule has 1 aromatic heterocycles. The van der Waals surface area contributed by atoms with Crippen LogP contribution in [-0.4, -0.2) is 86.8 Å². The van der Waals surface area contributed by atoms with Gasteiger partial charge in [0.1, 0.15) is 5.69 Å². The van der Waals surface area contributed by atoms with Crippen LogP contribution >= 0.6 is 0 Å². The van der Waals surface area contributed by atoms with E-state index in [9.17, 15) is 13.2 Å². The van der Waals surface area contributed by atoms with Gasteiger partial charge in [0.15, 0.2) is 0 Å². The minimum atomic E-state index is -3.42. The Bertz CT molecular complexity index is 1330. The van der Waals surface area contributed by atoms with Crippen LogP contribution in [0.25, 0.3) is 5.69 Å². The van der Waals surface area contributed by atoms with Gasteiger partial charge >= 0.3 is 0 Å². The molecule has 0 atom stereocenters. The fraction of sp³-hybridized carbons (Fsp3) is 0.385. The maximum absolute atomic E-state index is 13.8. The van der Waals surface area contributed by atoms with Gasteiger partial charge in [0.25, 0.3) is 5.56 Å². The van der Waals surface area contributed by atoms with Crippen molar-refractivity contribution in [3.8, 4) is 5.69 Å². The molecule has 0 spiro atoms. The Morgan fingerprint density at radius 1 is 0.778 bits per heavy atom. The van der Waals surface area contributed by atoms with Gasteiger partial charge in [-0.05, 0) is 24.7 Å². The number of para-hydroxylation sites is 1. The summed E-state index contributed by atoms with van der Waals surface area (Å²) in [6.45, 7) is 5.01. The molecule has 36 heavy (non-hydrogen) atoms. The molecule has 190 valence electrons. The maximum Gasteiger partial charge on any atom is 0.297 e. The second-order valence-electron chi connectivity index (χ2n) is 9.35. The van der Waals surface area contributed by atoms with Crippen molar-refractivity contribution >= 4 is 21.4 Å². The summed E-state index contributed by atoms with van der Waals surface area (Å²) in [5.41, 5.74) is 2.77. The first kappa shape index (κ1) is 24.5. The van der Waals surface area contributed by atoms with Gasteiger partial charge in [0.05, 0.1) is 23.3 Å². The van der Waals surface area contributed by atoms with E-state index in [-0.39, 0.29) is 11.3 Å². The highest BCUT2D eigenvalue weighted by Gasteiger charge is 2.31. The van der Waals surface area contributed by atoms with Gasteiger partial charge in [-0.3, -0.25) is 4.79 Å². The topological polar surface area (TPSA) is 82.0 Å². The number of hydrogen-bond acceptors (Lipinski definition) is 7. The van der Waals surface area contributed by atoms with Crippen LogP contribution < -0.4 is 15.4 Å². The van der Waals surface area contributed by atoms with Crippen LogP contribution in [0.15, 0.2) is 71.7 Å². The predicted octanol–water partition coefficient (Wildman–Crippen LogP) is 1.64. The molecule has 0 bridgehead atoms. The van der Waals surface area contributed by atoms with E-state index in [2.05, 4.69) is 26.8 Å². The first-order valence-corrected chi connectivity index (χ1v) is 13.9. The number of anilines is 2. The highest BCUT2D eigenvalue weighted by Crippen LogP contribution is 2.28. The average Bonchev–Trinajstić information content (AvgIpc) is 2.90. The van der Waals surface area contributed by atoms with E-state index in [1.807, 2.05) is 60.7 Å². The van der Waals surface area contributed by atoms with Gasteiger partial charge in [-0.2, -0.15) is 14.1 Å². The normalized spacial score (nSPS) is 17.9. The number of piperazine rings is 2. The van der Waals surface area contributed by atoms with E-state index >= 15 is 0 Å². The number of benzene rings is 2. The van der Waals surface area contributed by atoms with E-state index in [1.54, 1.807) is 10.5 Å². The molecule has 0 radical (unpaired) electrons. The number of hydrogen-bond donors (Lipinski definition) is 0. The third-order valence-corrected chi connectivity index (χ3v) is 8.77. The zero-order valence-corrected chi connectivity index (χ0v) is 21.3. The van der Waals surface area contributed by atoms with Crippen LogP contribution in [0, 0.1) is 0 Å². The van der Waals surface area contributed by atoms with Gasteiger partial charge < -0.3 is 14.7 Å². The summed E-state index contributed by atoms with van der Waals surface area (Å²) in [5, 5.41) is 4.51. The molecular weight excluding hydrogens is 476 g/mol. The lowest BCUT2D eigenvalue weighted by molar-refractivity contribution is 0.312. The van der Waals surface area contributed by atoms with Crippen molar-refractivity contribution in [2.24, 2.45) is 0 Å². The van der Waals surface area contributed by atoms with E-state index < -0.39 is 10.0 Å². The molecule has 2 aromatic carbocycles. The fourth-order valence-electron chi connectivity index (χ4n) is 4.83. The van der Waals surface area contributed by atoms with E-state index in [4.69, 9.17) is 0 Å². The number of aromatic nitrogens is 2. The summed E-state index contributed by atoms with van der Waals surface area (Å²) < 4.78 is 29.1. The molecule has 9 nitrogen and oxygen atoms in total. The van der Waals surface area contributed by atoms with Crippen molar-refractivity contribution < 1.29 is 8.42 Å². The van der Waals surface area contributed by atoms with Crippen molar-refractivity contribution in [3.05, 3.63) is 82.8 Å². The third-order valence-electron chi connectivity index (χ3n) is 6.92. The molecule has 3 heterocycles. The van der Waals surface area contributed by atoms with Crippen molar-refractivity contribution in [2.75, 3.05) is 69.2 Å². The number of likely N-dealkylation sites (N-methyl/N-ethyl adjacent to an activating group) is 1. The van der Waals surface area contributed by atoms with E-state index in [0.29, 0.717) is 31.9 Å². The molecule has 2 saturated heterocycles. The van der Waals surface area contributed by atoms with Crippen LogP contribution in [0.2, 0.25) is 0 Å². The van der Waals surface area contributed by atoms with Crippen molar-refractivity contribution in [1.29, 1.82) is 0 Å². The Morgan fingerprint density at radius 2 is 1.36 bits per heavy atom. The van der Waals surface area contributed by atoms with Crippen molar-refractivity contribution in [2.45, 2.75) is 5.75 Å². The molecule has 0 unspecified atom stereocenters. The molecular formula is C26H32N6O3S. The summed E-state index contributed by atoms with van der Waals surface area (Å²) in [6.07, 6.45) is 1.76. The lowest BCUT2D eigenvalue weighted by Crippen LogP contribution is -2.51. The molecule has 2 aliphatic heterocycles. The zero-order valence-electron chi connectivity index (χ0n) is 20.5. The Hall–Kier alpha value is -3.21. The molecule has 3 aromatic rings. The molecule has 0 amide bonds. The van der Waals surface area contributed by atoms with Crippen LogP contribution in [0.4, 0.5) is 11.4 Å².